The Labute approximate surface area is 240 Å². The summed E-state index contributed by atoms with van der Waals surface area (Å²) in [6.45, 7) is 4.31. The Morgan fingerprint density at radius 3 is 2.93 bits per heavy atom. The van der Waals surface area contributed by atoms with Gasteiger partial charge in [-0.25, -0.2) is 17.6 Å². The second kappa shape index (κ2) is 10.2. The van der Waals surface area contributed by atoms with Gasteiger partial charge in [-0.1, -0.05) is 24.8 Å². The first-order valence-electron chi connectivity index (χ1n) is 14.4. The first kappa shape index (κ1) is 27.1. The number of carbonyl (C=O) groups is 1. The number of aromatic nitrogens is 2. The van der Waals surface area contributed by atoms with Crippen LogP contribution >= 0.6 is 0 Å². The first-order valence-corrected chi connectivity index (χ1v) is 14.4. The molecule has 3 heterocycles. The maximum atomic E-state index is 16.4. The van der Waals surface area contributed by atoms with Crippen LogP contribution in [0.5, 0.6) is 6.01 Å². The van der Waals surface area contributed by atoms with Crippen molar-refractivity contribution >= 4 is 22.6 Å². The van der Waals surface area contributed by atoms with Gasteiger partial charge in [0.2, 0.25) is 0 Å². The number of hydrogen-bond acceptors (Lipinski definition) is 6. The molecule has 4 aliphatic rings. The van der Waals surface area contributed by atoms with Crippen molar-refractivity contribution in [3.63, 3.8) is 0 Å². The summed E-state index contributed by atoms with van der Waals surface area (Å²) >= 11 is 0. The van der Waals surface area contributed by atoms with Gasteiger partial charge in [0.25, 0.3) is 5.91 Å². The fourth-order valence-corrected chi connectivity index (χ4v) is 7.28. The van der Waals surface area contributed by atoms with Crippen LogP contribution in [0.25, 0.3) is 22.0 Å². The number of rotatable bonds is 9. The average molecular weight is 582 g/mol. The van der Waals surface area contributed by atoms with E-state index in [0.717, 1.165) is 43.4 Å². The third-order valence-electron chi connectivity index (χ3n) is 9.28. The van der Waals surface area contributed by atoms with Crippen molar-refractivity contribution in [1.29, 1.82) is 0 Å². The third kappa shape index (κ3) is 4.58. The molecule has 7 rings (SSSR count). The average Bonchev–Trinajstić information content (AvgIpc) is 3.28. The highest BCUT2D eigenvalue weighted by atomic mass is 19.1. The predicted molar refractivity (Wildman–Crippen MR) is 150 cm³/mol. The van der Waals surface area contributed by atoms with E-state index in [0.29, 0.717) is 30.4 Å². The molecular formula is C31H31F4N5O2. The summed E-state index contributed by atoms with van der Waals surface area (Å²) < 4.78 is 65.5. The lowest BCUT2D eigenvalue weighted by Gasteiger charge is -2.30. The molecule has 220 valence electrons. The van der Waals surface area contributed by atoms with E-state index < -0.39 is 35.1 Å². The second-order valence-corrected chi connectivity index (χ2v) is 11.9. The van der Waals surface area contributed by atoms with E-state index in [9.17, 15) is 13.6 Å². The number of anilines is 1. The van der Waals surface area contributed by atoms with Crippen LogP contribution in [0.3, 0.4) is 0 Å². The SMILES string of the molecule is C=C(F)C(=O)NCCNc1nc(OC[C@@]23CCCN2C[C@H](F)C3)nc2c(F)c(-c3cccc4c3C3CC3C4)c(F)cc12. The molecule has 42 heavy (non-hydrogen) atoms. The zero-order valence-electron chi connectivity index (χ0n) is 23.0. The number of carbonyl (C=O) groups excluding carboxylic acids is 1. The summed E-state index contributed by atoms with van der Waals surface area (Å²) in [6.07, 6.45) is 3.05. The number of hydrogen-bond donors (Lipinski definition) is 2. The van der Waals surface area contributed by atoms with Gasteiger partial charge in [-0.05, 0) is 66.8 Å². The van der Waals surface area contributed by atoms with Crippen LogP contribution in [0, 0.1) is 17.6 Å². The number of amides is 1. The molecule has 1 aromatic heterocycles. The summed E-state index contributed by atoms with van der Waals surface area (Å²) in [6, 6.07) is 6.70. The number of benzene rings is 2. The molecule has 0 bridgehead atoms. The molecule has 1 amide bonds. The van der Waals surface area contributed by atoms with E-state index in [1.54, 1.807) is 6.07 Å². The summed E-state index contributed by atoms with van der Waals surface area (Å²) in [5.74, 6) is -2.67. The first-order chi connectivity index (χ1) is 20.2. The largest absolute Gasteiger partial charge is 0.461 e. The van der Waals surface area contributed by atoms with Crippen molar-refractivity contribution in [2.24, 2.45) is 5.92 Å². The molecular weight excluding hydrogens is 550 g/mol. The maximum Gasteiger partial charge on any atom is 0.319 e. The van der Waals surface area contributed by atoms with Crippen LogP contribution in [0.1, 0.15) is 42.7 Å². The summed E-state index contributed by atoms with van der Waals surface area (Å²) in [5, 5.41) is 5.42. The summed E-state index contributed by atoms with van der Waals surface area (Å²) in [4.78, 5) is 22.4. The molecule has 3 aromatic rings. The van der Waals surface area contributed by atoms with Crippen LogP contribution in [-0.2, 0) is 11.2 Å². The normalized spacial score (nSPS) is 25.7. The van der Waals surface area contributed by atoms with Gasteiger partial charge < -0.3 is 15.4 Å². The number of halogens is 4. The molecule has 4 atom stereocenters. The highest BCUT2D eigenvalue weighted by molar-refractivity contribution is 5.94. The molecule has 11 heteroatoms. The summed E-state index contributed by atoms with van der Waals surface area (Å²) in [5.41, 5.74) is 1.97. The number of nitrogens with one attached hydrogen (secondary N) is 2. The van der Waals surface area contributed by atoms with E-state index in [1.165, 1.54) is 6.07 Å². The zero-order chi connectivity index (χ0) is 29.2. The number of fused-ring (bicyclic) bond motifs is 5. The molecule has 2 aliphatic heterocycles. The third-order valence-corrected chi connectivity index (χ3v) is 9.28. The van der Waals surface area contributed by atoms with Crippen LogP contribution in [-0.4, -0.2) is 65.3 Å². The lowest BCUT2D eigenvalue weighted by molar-refractivity contribution is -0.118. The Balaban J connectivity index is 1.25. The van der Waals surface area contributed by atoms with Gasteiger partial charge in [0.1, 0.15) is 29.9 Å². The van der Waals surface area contributed by atoms with Gasteiger partial charge in [-0.2, -0.15) is 9.97 Å². The van der Waals surface area contributed by atoms with Gasteiger partial charge in [0.05, 0.1) is 11.1 Å². The lowest BCUT2D eigenvalue weighted by Crippen LogP contribution is -2.43. The number of nitrogens with zero attached hydrogens (tertiary/aromatic N) is 3. The van der Waals surface area contributed by atoms with Crippen LogP contribution < -0.4 is 15.4 Å². The monoisotopic (exact) mass is 581 g/mol. The van der Waals surface area contributed by atoms with Crippen molar-refractivity contribution in [2.45, 2.75) is 49.7 Å². The minimum atomic E-state index is -1.12. The van der Waals surface area contributed by atoms with E-state index in [-0.39, 0.29) is 48.0 Å². The molecule has 2 N–H and O–H groups in total. The number of alkyl halides is 1. The van der Waals surface area contributed by atoms with Gasteiger partial charge in [0, 0.05) is 31.4 Å². The van der Waals surface area contributed by atoms with Gasteiger partial charge in [0.15, 0.2) is 11.6 Å². The molecule has 1 saturated carbocycles. The van der Waals surface area contributed by atoms with E-state index in [2.05, 4.69) is 32.1 Å². The molecule has 2 aliphatic carbocycles. The molecule has 7 nitrogen and oxygen atoms in total. The zero-order valence-corrected chi connectivity index (χ0v) is 23.0. The minimum absolute atomic E-state index is 0.00117. The fourth-order valence-electron chi connectivity index (χ4n) is 7.28. The van der Waals surface area contributed by atoms with E-state index >= 15 is 8.78 Å². The van der Waals surface area contributed by atoms with Gasteiger partial charge in [-0.3, -0.25) is 9.69 Å². The molecule has 3 fully saturated rings. The minimum Gasteiger partial charge on any atom is -0.461 e. The number of ether oxygens (including phenoxy) is 1. The van der Waals surface area contributed by atoms with Crippen molar-refractivity contribution < 1.29 is 27.1 Å². The Morgan fingerprint density at radius 2 is 2.10 bits per heavy atom. The molecule has 0 spiro atoms. The predicted octanol–water partition coefficient (Wildman–Crippen LogP) is 5.20. The lowest BCUT2D eigenvalue weighted by atomic mass is 9.93. The molecule has 2 unspecified atom stereocenters. The van der Waals surface area contributed by atoms with Gasteiger partial charge >= 0.3 is 6.01 Å². The van der Waals surface area contributed by atoms with Crippen molar-refractivity contribution in [1.82, 2.24) is 20.2 Å². The Hall–Kier alpha value is -3.73. The summed E-state index contributed by atoms with van der Waals surface area (Å²) in [7, 11) is 0. The van der Waals surface area contributed by atoms with E-state index in [1.807, 2.05) is 12.1 Å². The Morgan fingerprint density at radius 1 is 1.24 bits per heavy atom. The maximum absolute atomic E-state index is 16.4. The fraction of sp³-hybridized carbons (Fsp3) is 0.452. The Kier molecular flexibility index (Phi) is 6.60. The van der Waals surface area contributed by atoms with Crippen molar-refractivity contribution in [3.8, 4) is 17.1 Å². The van der Waals surface area contributed by atoms with Crippen molar-refractivity contribution in [2.75, 3.05) is 38.1 Å². The smallest absolute Gasteiger partial charge is 0.319 e. The molecule has 2 aromatic carbocycles. The molecule has 0 radical (unpaired) electrons. The van der Waals surface area contributed by atoms with Crippen LogP contribution in [0.4, 0.5) is 23.4 Å². The molecule has 2 saturated heterocycles. The topological polar surface area (TPSA) is 79.4 Å². The second-order valence-electron chi connectivity index (χ2n) is 11.9. The quantitative estimate of drug-likeness (QED) is 0.206. The standard InChI is InChI=1S/C31H31F4N5O2/c1-16(32)29(41)37-8-7-36-28-22-12-23(34)25(20-5-2-4-17-10-18-11-21(18)24(17)20)26(35)27(22)38-30(39-28)42-15-31-6-3-9-40(31)14-19(33)13-31/h2,4-5,12,18-19,21H,1,3,6-11,13-15H2,(H,37,41)(H,36,38,39)/t18?,19-,21?,31+/m1/s1. The highest BCUT2D eigenvalue weighted by Gasteiger charge is 2.49. The van der Waals surface area contributed by atoms with Crippen LogP contribution in [0.15, 0.2) is 36.7 Å². The van der Waals surface area contributed by atoms with Crippen LogP contribution in [0.2, 0.25) is 0 Å². The van der Waals surface area contributed by atoms with Crippen molar-refractivity contribution in [3.05, 3.63) is 59.4 Å². The highest BCUT2D eigenvalue weighted by Crippen LogP contribution is 2.59. The van der Waals surface area contributed by atoms with E-state index in [4.69, 9.17) is 4.74 Å². The Bertz CT molecular complexity index is 1620. The van der Waals surface area contributed by atoms with Gasteiger partial charge in [-0.15, -0.1) is 0 Å².